The van der Waals surface area contributed by atoms with Crippen molar-refractivity contribution < 1.29 is 9.21 Å². The number of hydrogen-bond acceptors (Lipinski definition) is 4. The molecule has 2 rings (SSSR count). The minimum Gasteiger partial charge on any atom is -0.408 e. The molecule has 0 saturated carbocycles. The summed E-state index contributed by atoms with van der Waals surface area (Å²) in [6.07, 6.45) is 0.533. The third kappa shape index (κ3) is 3.04. The molecular weight excluding hydrogens is 220 g/mol. The van der Waals surface area contributed by atoms with Gasteiger partial charge in [0.25, 0.3) is 0 Å². The Morgan fingerprint density at radius 1 is 1.47 bits per heavy atom. The van der Waals surface area contributed by atoms with Crippen LogP contribution in [0.2, 0.25) is 0 Å². The quantitative estimate of drug-likeness (QED) is 0.762. The van der Waals surface area contributed by atoms with Crippen molar-refractivity contribution in [1.82, 2.24) is 10.3 Å². The van der Waals surface area contributed by atoms with Crippen molar-refractivity contribution in [2.24, 2.45) is 0 Å². The summed E-state index contributed by atoms with van der Waals surface area (Å²) < 4.78 is 4.90. The van der Waals surface area contributed by atoms with E-state index in [2.05, 4.69) is 10.3 Å². The summed E-state index contributed by atoms with van der Waals surface area (Å²) in [4.78, 5) is 24.3. The van der Waals surface area contributed by atoms with Crippen molar-refractivity contribution in [3.05, 3.63) is 34.3 Å². The van der Waals surface area contributed by atoms with E-state index in [0.29, 0.717) is 30.6 Å². The van der Waals surface area contributed by atoms with Crippen LogP contribution in [0.4, 0.5) is 0 Å². The molecule has 1 aromatic heterocycles. The number of fused-ring (bicyclic) bond motifs is 1. The average molecular weight is 234 g/mol. The van der Waals surface area contributed by atoms with Gasteiger partial charge < -0.3 is 9.73 Å². The van der Waals surface area contributed by atoms with Gasteiger partial charge in [-0.2, -0.15) is 0 Å². The van der Waals surface area contributed by atoms with Crippen LogP contribution >= 0.6 is 0 Å². The Labute approximate surface area is 97.8 Å². The maximum atomic E-state index is 11.0. The Hall–Kier alpha value is -1.88. The number of ketones is 1. The number of benzene rings is 1. The molecule has 2 aromatic rings. The van der Waals surface area contributed by atoms with Gasteiger partial charge in [0, 0.05) is 19.5 Å². The monoisotopic (exact) mass is 234 g/mol. The molecule has 0 aliphatic rings. The molecule has 0 spiro atoms. The van der Waals surface area contributed by atoms with E-state index in [9.17, 15) is 9.59 Å². The Kier molecular flexibility index (Phi) is 3.39. The second-order valence-corrected chi connectivity index (χ2v) is 3.97. The first-order valence-corrected chi connectivity index (χ1v) is 5.47. The zero-order valence-electron chi connectivity index (χ0n) is 9.58. The van der Waals surface area contributed by atoms with Gasteiger partial charge in [-0.3, -0.25) is 9.78 Å². The second-order valence-electron chi connectivity index (χ2n) is 3.97. The van der Waals surface area contributed by atoms with Crippen molar-refractivity contribution in [2.75, 3.05) is 6.54 Å². The minimum atomic E-state index is -0.443. The summed E-state index contributed by atoms with van der Waals surface area (Å²) in [7, 11) is 0. The van der Waals surface area contributed by atoms with Crippen molar-refractivity contribution in [3.8, 4) is 0 Å². The molecule has 0 aliphatic heterocycles. The number of oxazole rings is 1. The lowest BCUT2D eigenvalue weighted by Gasteiger charge is -2.03. The molecule has 5 heteroatoms. The van der Waals surface area contributed by atoms with Gasteiger partial charge in [0.1, 0.15) is 5.78 Å². The standard InChI is InChI=1S/C12H14N2O3/c1-8(15)4-5-13-7-9-2-3-11-10(6-9)14-12(16)17-11/h2-3,6,13H,4-5,7H2,1H3,(H,14,16). The molecule has 0 atom stereocenters. The summed E-state index contributed by atoms with van der Waals surface area (Å²) in [5.74, 6) is -0.270. The van der Waals surface area contributed by atoms with E-state index in [4.69, 9.17) is 4.42 Å². The number of carbonyl (C=O) groups is 1. The van der Waals surface area contributed by atoms with E-state index < -0.39 is 5.76 Å². The minimum absolute atomic E-state index is 0.173. The number of aromatic nitrogens is 1. The fourth-order valence-electron chi connectivity index (χ4n) is 1.61. The van der Waals surface area contributed by atoms with Gasteiger partial charge in [0.2, 0.25) is 0 Å². The van der Waals surface area contributed by atoms with Crippen LogP contribution in [0.5, 0.6) is 0 Å². The topological polar surface area (TPSA) is 75.1 Å². The predicted octanol–water partition coefficient (Wildman–Crippen LogP) is 1.19. The van der Waals surface area contributed by atoms with Crippen LogP contribution in [0, 0.1) is 0 Å². The van der Waals surface area contributed by atoms with Gasteiger partial charge in [-0.1, -0.05) is 6.07 Å². The van der Waals surface area contributed by atoms with E-state index in [0.717, 1.165) is 5.56 Å². The molecule has 0 unspecified atom stereocenters. The van der Waals surface area contributed by atoms with Crippen molar-refractivity contribution in [1.29, 1.82) is 0 Å². The fourth-order valence-corrected chi connectivity index (χ4v) is 1.61. The van der Waals surface area contributed by atoms with Crippen molar-refractivity contribution >= 4 is 16.9 Å². The summed E-state index contributed by atoms with van der Waals surface area (Å²) in [5.41, 5.74) is 2.29. The van der Waals surface area contributed by atoms with Crippen molar-refractivity contribution in [2.45, 2.75) is 19.9 Å². The predicted molar refractivity (Wildman–Crippen MR) is 63.8 cm³/mol. The molecular formula is C12H14N2O3. The van der Waals surface area contributed by atoms with Crippen molar-refractivity contribution in [3.63, 3.8) is 0 Å². The van der Waals surface area contributed by atoms with Gasteiger partial charge >= 0.3 is 5.76 Å². The van der Waals surface area contributed by atoms with Gasteiger partial charge in [-0.15, -0.1) is 0 Å². The smallest absolute Gasteiger partial charge is 0.408 e. The molecule has 90 valence electrons. The number of rotatable bonds is 5. The van der Waals surface area contributed by atoms with Crippen LogP contribution in [0.1, 0.15) is 18.9 Å². The first kappa shape index (κ1) is 11.6. The highest BCUT2D eigenvalue weighted by Gasteiger charge is 2.01. The highest BCUT2D eigenvalue weighted by Crippen LogP contribution is 2.11. The summed E-state index contributed by atoms with van der Waals surface area (Å²) >= 11 is 0. The Morgan fingerprint density at radius 3 is 3.06 bits per heavy atom. The number of nitrogens with one attached hydrogen (secondary N) is 2. The van der Waals surface area contributed by atoms with Crippen LogP contribution in [-0.2, 0) is 11.3 Å². The molecule has 0 radical (unpaired) electrons. The second kappa shape index (κ2) is 4.97. The molecule has 0 aliphatic carbocycles. The van der Waals surface area contributed by atoms with E-state index in [1.54, 1.807) is 13.0 Å². The fraction of sp³-hybridized carbons (Fsp3) is 0.333. The summed E-state index contributed by atoms with van der Waals surface area (Å²) in [6, 6.07) is 5.51. The van der Waals surface area contributed by atoms with Gasteiger partial charge in [-0.05, 0) is 24.6 Å². The SMILES string of the molecule is CC(=O)CCNCc1ccc2oc(=O)[nH]c2c1. The highest BCUT2D eigenvalue weighted by atomic mass is 16.4. The zero-order valence-corrected chi connectivity index (χ0v) is 9.58. The Bertz CT molecular complexity index is 583. The molecule has 0 fully saturated rings. The summed E-state index contributed by atoms with van der Waals surface area (Å²) in [6.45, 7) is 2.90. The van der Waals surface area contributed by atoms with Gasteiger partial charge in [0.15, 0.2) is 5.58 Å². The maximum Gasteiger partial charge on any atom is 0.417 e. The molecule has 17 heavy (non-hydrogen) atoms. The highest BCUT2D eigenvalue weighted by molar-refractivity contribution is 5.75. The largest absolute Gasteiger partial charge is 0.417 e. The Balaban J connectivity index is 1.99. The normalized spacial score (nSPS) is 10.9. The molecule has 0 saturated heterocycles. The lowest BCUT2D eigenvalue weighted by molar-refractivity contribution is -0.116. The number of aromatic amines is 1. The van der Waals surface area contributed by atoms with E-state index in [1.165, 1.54) is 0 Å². The van der Waals surface area contributed by atoms with Crippen LogP contribution in [0.25, 0.3) is 11.1 Å². The van der Waals surface area contributed by atoms with Crippen LogP contribution in [-0.4, -0.2) is 17.3 Å². The lowest BCUT2D eigenvalue weighted by atomic mass is 10.2. The molecule has 5 nitrogen and oxygen atoms in total. The molecule has 1 aromatic carbocycles. The van der Waals surface area contributed by atoms with E-state index in [1.807, 2.05) is 12.1 Å². The third-order valence-corrected chi connectivity index (χ3v) is 2.47. The Morgan fingerprint density at radius 2 is 2.29 bits per heavy atom. The third-order valence-electron chi connectivity index (χ3n) is 2.47. The molecule has 0 bridgehead atoms. The lowest BCUT2D eigenvalue weighted by Crippen LogP contribution is -2.16. The van der Waals surface area contributed by atoms with E-state index >= 15 is 0 Å². The van der Waals surface area contributed by atoms with Gasteiger partial charge in [-0.25, -0.2) is 4.79 Å². The number of carbonyl (C=O) groups excluding carboxylic acids is 1. The zero-order chi connectivity index (χ0) is 12.3. The number of hydrogen-bond donors (Lipinski definition) is 2. The number of Topliss-reactive ketones (excluding diaryl/α,β-unsaturated/α-hetero) is 1. The summed E-state index contributed by atoms with van der Waals surface area (Å²) in [5, 5.41) is 3.16. The molecule has 1 heterocycles. The van der Waals surface area contributed by atoms with Crippen LogP contribution in [0.3, 0.4) is 0 Å². The maximum absolute atomic E-state index is 11.0. The molecule has 2 N–H and O–H groups in total. The van der Waals surface area contributed by atoms with Gasteiger partial charge in [0.05, 0.1) is 5.52 Å². The first-order valence-electron chi connectivity index (χ1n) is 5.47. The molecule has 0 amide bonds. The van der Waals surface area contributed by atoms with Crippen LogP contribution in [0.15, 0.2) is 27.4 Å². The average Bonchev–Trinajstić information content (AvgIpc) is 2.63. The van der Waals surface area contributed by atoms with E-state index in [-0.39, 0.29) is 5.78 Å². The number of H-pyrrole nitrogens is 1. The first-order chi connectivity index (χ1) is 8.15. The van der Waals surface area contributed by atoms with Crippen LogP contribution < -0.4 is 11.1 Å².